The minimum Gasteiger partial charge on any atom is -0.484 e. The standard InChI is InChI=1S/C25H25F5N4O5/c1-11-18(14-5-6-15(26)19(27)20(14)38-10-17(34-37)12-3-4-12)21(39-24(11,2)25(28,29)30)23(36)33-13-7-8-32-16(9-13)22(31)35/h5-9,11-12,18,21,37H,3-4,10H2,1-2H3,(H2,31,35)(H,32,33,36)/b34-17+/t11-,18-,21+,24+/m0/s1. The van der Waals surface area contributed by atoms with Gasteiger partial charge in [0.05, 0.1) is 5.71 Å². The second-order valence-electron chi connectivity index (χ2n) is 9.67. The van der Waals surface area contributed by atoms with Gasteiger partial charge in [0.15, 0.2) is 17.2 Å². The van der Waals surface area contributed by atoms with Crippen LogP contribution in [0.15, 0.2) is 35.6 Å². The third-order valence-electron chi connectivity index (χ3n) is 7.19. The number of hydrogen-bond donors (Lipinski definition) is 3. The number of rotatable bonds is 8. The van der Waals surface area contributed by atoms with Gasteiger partial charge in [-0.05, 0) is 38.0 Å². The number of oxime groups is 1. The Hall–Kier alpha value is -3.81. The second-order valence-corrected chi connectivity index (χ2v) is 9.67. The second kappa shape index (κ2) is 10.4. The molecule has 4 N–H and O–H groups in total. The van der Waals surface area contributed by atoms with Crippen LogP contribution in [0.2, 0.25) is 0 Å². The Morgan fingerprint density at radius 3 is 2.56 bits per heavy atom. The molecule has 14 heteroatoms. The first kappa shape index (κ1) is 28.2. The first-order valence-corrected chi connectivity index (χ1v) is 11.9. The predicted octanol–water partition coefficient (Wildman–Crippen LogP) is 4.16. The normalized spacial score (nSPS) is 25.4. The Bertz CT molecular complexity index is 1320. The highest BCUT2D eigenvalue weighted by atomic mass is 19.4. The fourth-order valence-electron chi connectivity index (χ4n) is 4.63. The number of halogens is 5. The molecule has 2 heterocycles. The van der Waals surface area contributed by atoms with Crippen molar-refractivity contribution >= 4 is 23.2 Å². The largest absolute Gasteiger partial charge is 0.484 e. The molecule has 4 atom stereocenters. The van der Waals surface area contributed by atoms with Crippen LogP contribution in [0.25, 0.3) is 0 Å². The van der Waals surface area contributed by atoms with Crippen molar-refractivity contribution in [3.63, 3.8) is 0 Å². The summed E-state index contributed by atoms with van der Waals surface area (Å²) in [7, 11) is 0. The van der Waals surface area contributed by atoms with Crippen LogP contribution in [-0.4, -0.2) is 52.2 Å². The van der Waals surface area contributed by atoms with Gasteiger partial charge in [0.2, 0.25) is 5.82 Å². The number of primary amides is 1. The number of benzene rings is 1. The molecule has 1 aliphatic carbocycles. The molecule has 1 aromatic heterocycles. The van der Waals surface area contributed by atoms with Crippen molar-refractivity contribution in [3.8, 4) is 5.75 Å². The third kappa shape index (κ3) is 5.37. The summed E-state index contributed by atoms with van der Waals surface area (Å²) in [5.74, 6) is -8.53. The number of nitrogens with one attached hydrogen (secondary N) is 1. The van der Waals surface area contributed by atoms with Gasteiger partial charge in [0, 0.05) is 35.2 Å². The highest BCUT2D eigenvalue weighted by Gasteiger charge is 2.66. The maximum Gasteiger partial charge on any atom is 0.417 e. The first-order chi connectivity index (χ1) is 18.3. The number of carbonyl (C=O) groups is 2. The van der Waals surface area contributed by atoms with E-state index in [4.69, 9.17) is 15.2 Å². The van der Waals surface area contributed by atoms with Crippen LogP contribution in [0.4, 0.5) is 27.6 Å². The molecule has 0 radical (unpaired) electrons. The molecule has 2 aromatic rings. The Morgan fingerprint density at radius 2 is 1.97 bits per heavy atom. The minimum atomic E-state index is -4.95. The summed E-state index contributed by atoms with van der Waals surface area (Å²) in [5, 5.41) is 14.7. The lowest BCUT2D eigenvalue weighted by Crippen LogP contribution is -2.47. The summed E-state index contributed by atoms with van der Waals surface area (Å²) >= 11 is 0. The van der Waals surface area contributed by atoms with Gasteiger partial charge in [-0.3, -0.25) is 14.6 Å². The van der Waals surface area contributed by atoms with Crippen molar-refractivity contribution < 1.29 is 46.2 Å². The van der Waals surface area contributed by atoms with Gasteiger partial charge in [-0.2, -0.15) is 17.6 Å². The summed E-state index contributed by atoms with van der Waals surface area (Å²) < 4.78 is 82.7. The van der Waals surface area contributed by atoms with Gasteiger partial charge in [-0.15, -0.1) is 0 Å². The van der Waals surface area contributed by atoms with Crippen molar-refractivity contribution in [2.75, 3.05) is 11.9 Å². The molecule has 1 saturated carbocycles. The quantitative estimate of drug-likeness (QED) is 0.193. The van der Waals surface area contributed by atoms with E-state index in [1.807, 2.05) is 0 Å². The Labute approximate surface area is 219 Å². The molecule has 2 fully saturated rings. The molecule has 4 rings (SSSR count). The number of alkyl halides is 3. The summed E-state index contributed by atoms with van der Waals surface area (Å²) in [6, 6.07) is 4.15. The van der Waals surface area contributed by atoms with E-state index in [9.17, 15) is 32.4 Å². The van der Waals surface area contributed by atoms with Gasteiger partial charge >= 0.3 is 6.18 Å². The molecule has 0 unspecified atom stereocenters. The molecular formula is C25H25F5N4O5. The average molecular weight is 556 g/mol. The lowest BCUT2D eigenvalue weighted by Gasteiger charge is -2.32. The zero-order chi connectivity index (χ0) is 28.7. The molecular weight excluding hydrogens is 531 g/mol. The van der Waals surface area contributed by atoms with E-state index in [0.29, 0.717) is 18.9 Å². The summed E-state index contributed by atoms with van der Waals surface area (Å²) in [6.45, 7) is 1.50. The third-order valence-corrected chi connectivity index (χ3v) is 7.19. The van der Waals surface area contributed by atoms with Crippen LogP contribution >= 0.6 is 0 Å². The lowest BCUT2D eigenvalue weighted by molar-refractivity contribution is -0.272. The highest BCUT2D eigenvalue weighted by molar-refractivity contribution is 5.97. The SMILES string of the molecule is C[C@H]1[C@@H](c2ccc(F)c(F)c2OC/C(=N\O)C2CC2)[C@H](C(=O)Nc2ccnc(C(N)=O)c2)O[C@@]1(C)C(F)(F)F. The molecule has 0 bridgehead atoms. The molecule has 9 nitrogen and oxygen atoms in total. The average Bonchev–Trinajstić information content (AvgIpc) is 3.67. The lowest BCUT2D eigenvalue weighted by atomic mass is 9.77. The minimum absolute atomic E-state index is 0.00518. The van der Waals surface area contributed by atoms with Crippen LogP contribution in [0.1, 0.15) is 48.7 Å². The van der Waals surface area contributed by atoms with Crippen molar-refractivity contribution in [1.29, 1.82) is 0 Å². The van der Waals surface area contributed by atoms with Crippen LogP contribution in [0.3, 0.4) is 0 Å². The van der Waals surface area contributed by atoms with Crippen molar-refractivity contribution in [3.05, 3.63) is 53.4 Å². The molecule has 210 valence electrons. The number of ether oxygens (including phenoxy) is 2. The molecule has 2 amide bonds. The van der Waals surface area contributed by atoms with Gasteiger partial charge in [-0.25, -0.2) is 4.39 Å². The van der Waals surface area contributed by atoms with Crippen molar-refractivity contribution in [1.82, 2.24) is 4.98 Å². The van der Waals surface area contributed by atoms with E-state index in [2.05, 4.69) is 15.5 Å². The molecule has 1 aromatic carbocycles. The number of nitrogens with two attached hydrogens (primary N) is 1. The molecule has 1 saturated heterocycles. The predicted molar refractivity (Wildman–Crippen MR) is 126 cm³/mol. The van der Waals surface area contributed by atoms with Gasteiger partial charge in [0.25, 0.3) is 11.8 Å². The van der Waals surface area contributed by atoms with E-state index >= 15 is 4.39 Å². The summed E-state index contributed by atoms with van der Waals surface area (Å²) in [6.07, 6.45) is -4.23. The summed E-state index contributed by atoms with van der Waals surface area (Å²) in [5.41, 5.74) is 2.04. The van der Waals surface area contributed by atoms with Crippen molar-refractivity contribution in [2.45, 2.75) is 50.5 Å². The van der Waals surface area contributed by atoms with Gasteiger partial charge in [-0.1, -0.05) is 18.1 Å². The molecule has 1 aliphatic heterocycles. The van der Waals surface area contributed by atoms with E-state index in [0.717, 1.165) is 25.3 Å². The van der Waals surface area contributed by atoms with Gasteiger partial charge in [0.1, 0.15) is 18.4 Å². The van der Waals surface area contributed by atoms with Gasteiger partial charge < -0.3 is 25.7 Å². The monoisotopic (exact) mass is 556 g/mol. The number of aromatic nitrogens is 1. The zero-order valence-electron chi connectivity index (χ0n) is 20.8. The molecule has 0 spiro atoms. The maximum absolute atomic E-state index is 15.0. The van der Waals surface area contributed by atoms with Crippen LogP contribution in [0, 0.1) is 23.5 Å². The number of pyridine rings is 1. The Morgan fingerprint density at radius 1 is 1.28 bits per heavy atom. The smallest absolute Gasteiger partial charge is 0.417 e. The van der Waals surface area contributed by atoms with Crippen LogP contribution in [0.5, 0.6) is 5.75 Å². The maximum atomic E-state index is 15.0. The van der Waals surface area contributed by atoms with E-state index < -0.39 is 65.5 Å². The number of hydrogen-bond acceptors (Lipinski definition) is 7. The topological polar surface area (TPSA) is 136 Å². The number of amides is 2. The van der Waals surface area contributed by atoms with E-state index in [1.165, 1.54) is 13.0 Å². The van der Waals surface area contributed by atoms with Crippen LogP contribution in [-0.2, 0) is 9.53 Å². The van der Waals surface area contributed by atoms with E-state index in [1.54, 1.807) is 0 Å². The van der Waals surface area contributed by atoms with Crippen molar-refractivity contribution in [2.24, 2.45) is 22.7 Å². The Balaban J connectivity index is 1.75. The Kier molecular flexibility index (Phi) is 7.52. The highest BCUT2D eigenvalue weighted by Crippen LogP contribution is 2.55. The number of anilines is 1. The fourth-order valence-corrected chi connectivity index (χ4v) is 4.63. The molecule has 39 heavy (non-hydrogen) atoms. The summed E-state index contributed by atoms with van der Waals surface area (Å²) in [4.78, 5) is 28.5. The first-order valence-electron chi connectivity index (χ1n) is 11.9. The number of nitrogens with zero attached hydrogens (tertiary/aromatic N) is 2. The van der Waals surface area contributed by atoms with E-state index in [-0.39, 0.29) is 28.6 Å². The van der Waals surface area contributed by atoms with Crippen LogP contribution < -0.4 is 15.8 Å². The molecule has 2 aliphatic rings. The zero-order valence-corrected chi connectivity index (χ0v) is 20.8. The fraction of sp³-hybridized carbons (Fsp3) is 0.440. The number of carbonyl (C=O) groups excluding carboxylic acids is 2.